The van der Waals surface area contributed by atoms with Gasteiger partial charge in [0.25, 0.3) is 0 Å². The molecule has 6 aromatic rings. The molecule has 18 heteroatoms. The molecular weight excluding hydrogens is 985 g/mol. The number of ether oxygens (including phenoxy) is 2. The van der Waals surface area contributed by atoms with Gasteiger partial charge in [-0.05, 0) is 148 Å². The molecule has 0 radical (unpaired) electrons. The van der Waals surface area contributed by atoms with Crippen molar-refractivity contribution >= 4 is 99.8 Å². The van der Waals surface area contributed by atoms with Gasteiger partial charge in [-0.1, -0.05) is 32.6 Å². The Morgan fingerprint density at radius 2 is 1.18 bits per heavy atom. The molecular formula is C54H72N8O6S4. The normalized spacial score (nSPS) is 14.2. The number of aromatic nitrogens is 2. The van der Waals surface area contributed by atoms with Crippen molar-refractivity contribution in [3.63, 3.8) is 0 Å². The summed E-state index contributed by atoms with van der Waals surface area (Å²) in [5, 5.41) is 12.8. The third kappa shape index (κ3) is 14.9. The number of carbonyl (C=O) groups is 4. The summed E-state index contributed by atoms with van der Waals surface area (Å²) in [7, 11) is 0. The van der Waals surface area contributed by atoms with Crippen LogP contribution >= 0.6 is 45.3 Å². The van der Waals surface area contributed by atoms with Gasteiger partial charge in [0.15, 0.2) is 0 Å². The average molecular weight is 1060 g/mol. The van der Waals surface area contributed by atoms with E-state index in [0.717, 1.165) is 85.3 Å². The van der Waals surface area contributed by atoms with E-state index in [4.69, 9.17) is 25.2 Å². The molecule has 0 spiro atoms. The maximum atomic E-state index is 12.9. The van der Waals surface area contributed by atoms with Crippen LogP contribution in [0.25, 0.3) is 41.6 Å². The molecule has 8 rings (SSSR count). The van der Waals surface area contributed by atoms with Gasteiger partial charge < -0.3 is 41.0 Å². The zero-order chi connectivity index (χ0) is 52.7. The van der Waals surface area contributed by atoms with Gasteiger partial charge in [0.1, 0.15) is 31.2 Å². The van der Waals surface area contributed by atoms with Gasteiger partial charge in [0, 0.05) is 59.0 Å². The highest BCUT2D eigenvalue weighted by Gasteiger charge is 2.33. The Bertz CT molecular complexity index is 2900. The maximum Gasteiger partial charge on any atom is 0.410 e. The van der Waals surface area contributed by atoms with Crippen molar-refractivity contribution in [1.82, 2.24) is 25.1 Å². The van der Waals surface area contributed by atoms with E-state index in [9.17, 15) is 19.2 Å². The lowest BCUT2D eigenvalue weighted by molar-refractivity contribution is -0.116. The molecule has 0 unspecified atom stereocenters. The number of hydrogen-bond donors (Lipinski definition) is 4. The molecule has 0 saturated carbocycles. The van der Waals surface area contributed by atoms with Crippen molar-refractivity contribution in [3.8, 4) is 21.1 Å². The summed E-state index contributed by atoms with van der Waals surface area (Å²) in [5.41, 5.74) is 12.7. The van der Waals surface area contributed by atoms with Crippen LogP contribution < -0.4 is 21.7 Å². The van der Waals surface area contributed by atoms with E-state index in [-0.39, 0.29) is 24.0 Å². The molecule has 6 heterocycles. The lowest BCUT2D eigenvalue weighted by Gasteiger charge is -2.30. The third-order valence-electron chi connectivity index (χ3n) is 11.7. The van der Waals surface area contributed by atoms with E-state index in [0.29, 0.717) is 64.1 Å². The van der Waals surface area contributed by atoms with Gasteiger partial charge in [-0.15, -0.1) is 45.3 Å². The van der Waals surface area contributed by atoms with Crippen LogP contribution in [-0.4, -0.2) is 86.7 Å². The number of carbonyl (C=O) groups excluding carboxylic acids is 4. The molecule has 4 aromatic heterocycles. The summed E-state index contributed by atoms with van der Waals surface area (Å²) < 4.78 is 13.4. The number of nitrogens with two attached hydrogens (primary N) is 1. The Morgan fingerprint density at radius 3 is 1.58 bits per heavy atom. The van der Waals surface area contributed by atoms with Gasteiger partial charge in [-0.3, -0.25) is 9.59 Å². The minimum absolute atomic E-state index is 0.0217. The van der Waals surface area contributed by atoms with Crippen LogP contribution in [-0.2, 0) is 45.0 Å². The van der Waals surface area contributed by atoms with E-state index in [2.05, 4.69) is 86.6 Å². The van der Waals surface area contributed by atoms with E-state index >= 15 is 0 Å². The summed E-state index contributed by atoms with van der Waals surface area (Å²) in [5.74, 6) is -0.285. The standard InChI is InChI=1S/C27H36N4O3S2.C23H25N3O3S2.C4H11N/c1-7-17(3)28-12-10-22(32)30-25-23(24-29-19-14-16(2)8-9-20(19)35-24)18-11-13-31(15-21(18)36-25)26(33)34-27(4,5)6;1-6-18(27)25-21-19(20-24-15-11-13(2)7-8-16(15)30-20)14-9-10-26(12-17(14)31-21)22(28)29-23(3,4)5;1-3-4(2)5/h8-9,14,17,28H,7,10-13,15H2,1-6H3,(H,30,32);6-8,11H,1,9-10,12H2,2-5H3,(H,25,27);4H,3,5H2,1-2H3/t17-;;4-/m1.1/s1. The van der Waals surface area contributed by atoms with Gasteiger partial charge in [-0.2, -0.15) is 0 Å². The quantitative estimate of drug-likeness (QED) is 0.0912. The number of thiazole rings is 2. The number of rotatable bonds is 11. The van der Waals surface area contributed by atoms with Gasteiger partial charge >= 0.3 is 12.2 Å². The zero-order valence-electron chi connectivity index (χ0n) is 43.9. The number of aryl methyl sites for hydroxylation is 2. The lowest BCUT2D eigenvalue weighted by Crippen LogP contribution is -2.39. The second kappa shape index (κ2) is 24.2. The number of amides is 4. The van der Waals surface area contributed by atoms with Crippen LogP contribution in [0.3, 0.4) is 0 Å². The number of benzene rings is 2. The SMILES string of the molecule is C=CC(=O)Nc1sc2c(c1-c1nc3cc(C)ccc3s1)CCN(C(=O)OC(C)(C)C)C2.CC[C@@H](C)N.CC[C@@H](C)NCCC(=O)Nc1sc2c(c1-c1nc3cc(C)ccc3s1)CCN(C(=O)OC(C)(C)C)C2. The second-order valence-electron chi connectivity index (χ2n) is 20.3. The molecule has 0 aliphatic carbocycles. The van der Waals surface area contributed by atoms with Crippen LogP contribution in [0, 0.1) is 13.8 Å². The van der Waals surface area contributed by atoms with Crippen molar-refractivity contribution < 1.29 is 28.7 Å². The fourth-order valence-electron chi connectivity index (χ4n) is 7.62. The molecule has 2 atom stereocenters. The van der Waals surface area contributed by atoms with Crippen molar-refractivity contribution in [2.24, 2.45) is 5.73 Å². The van der Waals surface area contributed by atoms with Crippen LogP contribution in [0.4, 0.5) is 19.6 Å². The monoisotopic (exact) mass is 1060 g/mol. The number of hydrogen-bond acceptors (Lipinski definition) is 14. The minimum Gasteiger partial charge on any atom is -0.444 e. The largest absolute Gasteiger partial charge is 0.444 e. The van der Waals surface area contributed by atoms with Crippen LogP contribution in [0.15, 0.2) is 49.1 Å². The average Bonchev–Trinajstić information content (AvgIpc) is 4.09. The molecule has 0 bridgehead atoms. The zero-order valence-corrected chi connectivity index (χ0v) is 47.2. The topological polar surface area (TPSA) is 181 Å². The highest BCUT2D eigenvalue weighted by Crippen LogP contribution is 2.47. The first-order valence-electron chi connectivity index (χ1n) is 24.7. The summed E-state index contributed by atoms with van der Waals surface area (Å²) in [6, 6.07) is 13.3. The first kappa shape index (κ1) is 56.1. The fourth-order valence-corrected chi connectivity index (χ4v) is 12.3. The van der Waals surface area contributed by atoms with E-state index in [1.807, 2.05) is 55.4 Å². The summed E-state index contributed by atoms with van der Waals surface area (Å²) in [6.45, 7) is 29.9. The van der Waals surface area contributed by atoms with Crippen molar-refractivity contribution in [2.75, 3.05) is 30.3 Å². The fraction of sp³-hybridized carbons (Fsp3) is 0.481. The molecule has 388 valence electrons. The van der Waals surface area contributed by atoms with Crippen LogP contribution in [0.1, 0.15) is 121 Å². The number of fused-ring (bicyclic) bond motifs is 4. The summed E-state index contributed by atoms with van der Waals surface area (Å²) in [4.78, 5) is 65.7. The van der Waals surface area contributed by atoms with Crippen LogP contribution in [0.2, 0.25) is 0 Å². The summed E-state index contributed by atoms with van der Waals surface area (Å²) in [6.07, 6.45) is 4.52. The molecule has 4 amide bonds. The second-order valence-corrected chi connectivity index (χ2v) is 24.6. The number of anilines is 2. The third-order valence-corrected chi connectivity index (χ3v) is 16.1. The Hall–Kier alpha value is -5.24. The molecule has 2 aliphatic rings. The predicted molar refractivity (Wildman–Crippen MR) is 300 cm³/mol. The highest BCUT2D eigenvalue weighted by molar-refractivity contribution is 7.23. The summed E-state index contributed by atoms with van der Waals surface area (Å²) >= 11 is 6.29. The minimum atomic E-state index is -0.542. The van der Waals surface area contributed by atoms with E-state index in [1.165, 1.54) is 28.5 Å². The molecule has 2 aromatic carbocycles. The van der Waals surface area contributed by atoms with Gasteiger partial charge in [0.05, 0.1) is 33.5 Å². The Kier molecular flexibility index (Phi) is 18.8. The molecule has 5 N–H and O–H groups in total. The Labute approximate surface area is 440 Å². The van der Waals surface area contributed by atoms with Crippen molar-refractivity contribution in [2.45, 2.75) is 152 Å². The first-order valence-corrected chi connectivity index (χ1v) is 27.9. The van der Waals surface area contributed by atoms with E-state index < -0.39 is 11.2 Å². The molecule has 0 fully saturated rings. The predicted octanol–water partition coefficient (Wildman–Crippen LogP) is 12.8. The number of thiophene rings is 2. The Balaban J connectivity index is 0.000000217. The maximum absolute atomic E-state index is 12.9. The van der Waals surface area contributed by atoms with Gasteiger partial charge in [0.2, 0.25) is 11.8 Å². The van der Waals surface area contributed by atoms with Crippen molar-refractivity contribution in [3.05, 3.63) is 81.1 Å². The number of nitrogens with one attached hydrogen (secondary N) is 3. The number of nitrogens with zero attached hydrogens (tertiary/aromatic N) is 4. The Morgan fingerprint density at radius 1 is 0.736 bits per heavy atom. The van der Waals surface area contributed by atoms with Gasteiger partial charge in [-0.25, -0.2) is 19.6 Å². The molecule has 72 heavy (non-hydrogen) atoms. The van der Waals surface area contributed by atoms with Crippen molar-refractivity contribution in [1.29, 1.82) is 0 Å². The first-order chi connectivity index (χ1) is 33.9. The smallest absolute Gasteiger partial charge is 0.410 e. The lowest BCUT2D eigenvalue weighted by atomic mass is 10.0. The molecule has 0 saturated heterocycles. The van der Waals surface area contributed by atoms with Crippen LogP contribution in [0.5, 0.6) is 0 Å². The molecule has 2 aliphatic heterocycles. The highest BCUT2D eigenvalue weighted by atomic mass is 32.1. The molecule has 14 nitrogen and oxygen atoms in total. The van der Waals surface area contributed by atoms with E-state index in [1.54, 1.807) is 43.8 Å².